The number of ether oxygens (including phenoxy) is 1. The zero-order chi connectivity index (χ0) is 10.6. The zero-order valence-electron chi connectivity index (χ0n) is 7.86. The molecule has 5 nitrogen and oxygen atoms in total. The number of nitrogen functional groups attached to an aromatic ring is 1. The van der Waals surface area contributed by atoms with Crippen LogP contribution in [0.1, 0.15) is 16.9 Å². The van der Waals surface area contributed by atoms with Crippen molar-refractivity contribution in [3.05, 3.63) is 11.9 Å². The van der Waals surface area contributed by atoms with Gasteiger partial charge in [0, 0.05) is 12.7 Å². The average molecular weight is 201 g/mol. The van der Waals surface area contributed by atoms with Gasteiger partial charge in [0.15, 0.2) is 5.69 Å². The number of aryl methyl sites for hydroxylation is 1. The molecule has 2 N–H and O–H groups in total. The standard InChI is InChI=1S/C8H12FN3O2/c1-14-8(13)7-6(10)5-12(11-7)4-2-3-9/h5H,2-4,10H2,1H3. The summed E-state index contributed by atoms with van der Waals surface area (Å²) in [7, 11) is 1.25. The molecule has 0 aromatic carbocycles. The Bertz CT molecular complexity index is 324. The fraction of sp³-hybridized carbons (Fsp3) is 0.500. The van der Waals surface area contributed by atoms with Crippen LogP contribution < -0.4 is 5.73 Å². The van der Waals surface area contributed by atoms with E-state index in [4.69, 9.17) is 5.73 Å². The predicted molar refractivity (Wildman–Crippen MR) is 48.6 cm³/mol. The van der Waals surface area contributed by atoms with Crippen molar-refractivity contribution in [2.24, 2.45) is 0 Å². The minimum atomic E-state index is -0.582. The number of nitrogens with two attached hydrogens (primary N) is 1. The maximum absolute atomic E-state index is 11.8. The molecule has 14 heavy (non-hydrogen) atoms. The quantitative estimate of drug-likeness (QED) is 0.724. The second-order valence-corrected chi connectivity index (χ2v) is 2.73. The van der Waals surface area contributed by atoms with Gasteiger partial charge in [-0.1, -0.05) is 0 Å². The summed E-state index contributed by atoms with van der Waals surface area (Å²) >= 11 is 0. The van der Waals surface area contributed by atoms with Crippen molar-refractivity contribution in [3.63, 3.8) is 0 Å². The van der Waals surface area contributed by atoms with Crippen LogP contribution in [0.2, 0.25) is 0 Å². The summed E-state index contributed by atoms with van der Waals surface area (Å²) in [5.74, 6) is -0.582. The fourth-order valence-electron chi connectivity index (χ4n) is 1.03. The number of rotatable bonds is 4. The van der Waals surface area contributed by atoms with E-state index in [1.54, 1.807) is 0 Å². The van der Waals surface area contributed by atoms with E-state index in [1.807, 2.05) is 0 Å². The highest BCUT2D eigenvalue weighted by Gasteiger charge is 2.14. The summed E-state index contributed by atoms with van der Waals surface area (Å²) in [4.78, 5) is 11.1. The monoisotopic (exact) mass is 201 g/mol. The first-order chi connectivity index (χ1) is 6.69. The molecule has 6 heteroatoms. The van der Waals surface area contributed by atoms with E-state index in [0.717, 1.165) is 0 Å². The van der Waals surface area contributed by atoms with E-state index in [-0.39, 0.29) is 11.4 Å². The maximum Gasteiger partial charge on any atom is 0.360 e. The highest BCUT2D eigenvalue weighted by Crippen LogP contribution is 2.10. The molecule has 0 atom stereocenters. The first-order valence-corrected chi connectivity index (χ1v) is 4.16. The van der Waals surface area contributed by atoms with Gasteiger partial charge in [0.05, 0.1) is 19.5 Å². The van der Waals surface area contributed by atoms with Gasteiger partial charge in [-0.2, -0.15) is 5.10 Å². The van der Waals surface area contributed by atoms with Crippen LogP contribution in [0.25, 0.3) is 0 Å². The van der Waals surface area contributed by atoms with Crippen molar-refractivity contribution >= 4 is 11.7 Å². The molecule has 0 unspecified atom stereocenters. The highest BCUT2D eigenvalue weighted by molar-refractivity contribution is 5.92. The van der Waals surface area contributed by atoms with Gasteiger partial charge in [-0.3, -0.25) is 9.07 Å². The van der Waals surface area contributed by atoms with Gasteiger partial charge in [-0.05, 0) is 6.42 Å². The number of methoxy groups -OCH3 is 1. The van der Waals surface area contributed by atoms with Crippen LogP contribution in [-0.2, 0) is 11.3 Å². The van der Waals surface area contributed by atoms with Crippen molar-refractivity contribution in [3.8, 4) is 0 Å². The largest absolute Gasteiger partial charge is 0.464 e. The Morgan fingerprint density at radius 1 is 1.79 bits per heavy atom. The number of aromatic nitrogens is 2. The third kappa shape index (κ3) is 2.21. The molecule has 0 aliphatic heterocycles. The summed E-state index contributed by atoms with van der Waals surface area (Å²) in [5, 5.41) is 3.87. The van der Waals surface area contributed by atoms with E-state index in [2.05, 4.69) is 9.84 Å². The summed E-state index contributed by atoms with van der Waals surface area (Å²) in [6.07, 6.45) is 1.84. The van der Waals surface area contributed by atoms with Crippen molar-refractivity contribution in [2.45, 2.75) is 13.0 Å². The Hall–Kier alpha value is -1.59. The zero-order valence-corrected chi connectivity index (χ0v) is 7.86. The van der Waals surface area contributed by atoms with Crippen LogP contribution in [0.5, 0.6) is 0 Å². The maximum atomic E-state index is 11.8. The van der Waals surface area contributed by atoms with Crippen LogP contribution >= 0.6 is 0 Å². The second-order valence-electron chi connectivity index (χ2n) is 2.73. The summed E-state index contributed by atoms with van der Waals surface area (Å²) < 4.78 is 17.7. The van der Waals surface area contributed by atoms with Crippen molar-refractivity contribution in [1.82, 2.24) is 9.78 Å². The molecule has 0 fully saturated rings. The fourth-order valence-corrected chi connectivity index (χ4v) is 1.03. The van der Waals surface area contributed by atoms with Gasteiger partial charge in [-0.15, -0.1) is 0 Å². The number of nitrogens with zero attached hydrogens (tertiary/aromatic N) is 2. The molecule has 1 heterocycles. The molecule has 0 aliphatic carbocycles. The van der Waals surface area contributed by atoms with Crippen LogP contribution in [0.3, 0.4) is 0 Å². The Morgan fingerprint density at radius 2 is 2.50 bits per heavy atom. The average Bonchev–Trinajstić information content (AvgIpc) is 2.55. The minimum absolute atomic E-state index is 0.0753. The summed E-state index contributed by atoms with van der Waals surface area (Å²) in [6, 6.07) is 0. The van der Waals surface area contributed by atoms with E-state index >= 15 is 0 Å². The Balaban J connectivity index is 2.77. The lowest BCUT2D eigenvalue weighted by Gasteiger charge is -1.96. The molecule has 0 spiro atoms. The second kappa shape index (κ2) is 4.59. The van der Waals surface area contributed by atoms with E-state index < -0.39 is 12.6 Å². The number of carbonyl (C=O) groups excluding carboxylic acids is 1. The third-order valence-electron chi connectivity index (χ3n) is 1.69. The summed E-state index contributed by atoms with van der Waals surface area (Å²) in [5.41, 5.74) is 5.83. The van der Waals surface area contributed by atoms with Gasteiger partial charge in [0.2, 0.25) is 0 Å². The first-order valence-electron chi connectivity index (χ1n) is 4.16. The lowest BCUT2D eigenvalue weighted by molar-refractivity contribution is 0.0594. The molecular weight excluding hydrogens is 189 g/mol. The van der Waals surface area contributed by atoms with Crippen molar-refractivity contribution < 1.29 is 13.9 Å². The molecule has 0 amide bonds. The Kier molecular flexibility index (Phi) is 3.44. The van der Waals surface area contributed by atoms with Crippen molar-refractivity contribution in [2.75, 3.05) is 19.5 Å². The van der Waals surface area contributed by atoms with E-state index in [9.17, 15) is 9.18 Å². The van der Waals surface area contributed by atoms with Crippen LogP contribution in [0.4, 0.5) is 10.1 Å². The Labute approximate surface area is 80.6 Å². The topological polar surface area (TPSA) is 70.1 Å². The molecule has 0 saturated heterocycles. The van der Waals surface area contributed by atoms with Crippen molar-refractivity contribution in [1.29, 1.82) is 0 Å². The molecule has 0 bridgehead atoms. The van der Waals surface area contributed by atoms with Gasteiger partial charge in [0.25, 0.3) is 0 Å². The van der Waals surface area contributed by atoms with Gasteiger partial charge < -0.3 is 10.5 Å². The molecule has 0 aliphatic rings. The number of anilines is 1. The molecule has 1 aromatic rings. The number of esters is 1. The molecule has 0 radical (unpaired) electrons. The smallest absolute Gasteiger partial charge is 0.360 e. The van der Waals surface area contributed by atoms with Gasteiger partial charge in [0.1, 0.15) is 0 Å². The number of hydrogen-bond acceptors (Lipinski definition) is 4. The lowest BCUT2D eigenvalue weighted by Crippen LogP contribution is -2.06. The predicted octanol–water partition coefficient (Wildman–Crippen LogP) is 0.612. The van der Waals surface area contributed by atoms with E-state index in [0.29, 0.717) is 13.0 Å². The lowest BCUT2D eigenvalue weighted by atomic mass is 10.4. The van der Waals surface area contributed by atoms with Crippen LogP contribution in [0.15, 0.2) is 6.20 Å². The SMILES string of the molecule is COC(=O)c1nn(CCCF)cc1N. The highest BCUT2D eigenvalue weighted by atomic mass is 19.1. The molecule has 1 rings (SSSR count). The van der Waals surface area contributed by atoms with Crippen LogP contribution in [0, 0.1) is 0 Å². The molecule has 0 saturated carbocycles. The third-order valence-corrected chi connectivity index (χ3v) is 1.69. The molecule has 1 aromatic heterocycles. The van der Waals surface area contributed by atoms with Gasteiger partial charge >= 0.3 is 5.97 Å². The van der Waals surface area contributed by atoms with Crippen LogP contribution in [-0.4, -0.2) is 29.5 Å². The molecular formula is C8H12FN3O2. The number of halogens is 1. The van der Waals surface area contributed by atoms with Gasteiger partial charge in [-0.25, -0.2) is 4.79 Å². The Morgan fingerprint density at radius 3 is 3.07 bits per heavy atom. The summed E-state index contributed by atoms with van der Waals surface area (Å²) in [6.45, 7) is -0.0228. The number of hydrogen-bond donors (Lipinski definition) is 1. The molecule has 78 valence electrons. The normalized spacial score (nSPS) is 10.1. The number of carbonyl (C=O) groups is 1. The minimum Gasteiger partial charge on any atom is -0.464 e. The van der Waals surface area contributed by atoms with E-state index in [1.165, 1.54) is 18.0 Å². The number of alkyl halides is 1. The first kappa shape index (κ1) is 10.5.